The summed E-state index contributed by atoms with van der Waals surface area (Å²) in [5, 5.41) is 13.9. The fourth-order valence-corrected chi connectivity index (χ4v) is 5.60. The predicted octanol–water partition coefficient (Wildman–Crippen LogP) is 4.34. The Labute approximate surface area is 211 Å². The lowest BCUT2D eigenvalue weighted by Gasteiger charge is -2.35. The van der Waals surface area contributed by atoms with Gasteiger partial charge in [0.15, 0.2) is 6.19 Å². The second kappa shape index (κ2) is 10.4. The molecule has 0 radical (unpaired) electrons. The van der Waals surface area contributed by atoms with Gasteiger partial charge in [-0.1, -0.05) is 31.4 Å². The van der Waals surface area contributed by atoms with Crippen molar-refractivity contribution in [2.75, 3.05) is 11.4 Å². The summed E-state index contributed by atoms with van der Waals surface area (Å²) < 4.78 is 0. The van der Waals surface area contributed by atoms with Gasteiger partial charge in [0.2, 0.25) is 5.91 Å². The Morgan fingerprint density at radius 3 is 2.75 bits per heavy atom. The summed E-state index contributed by atoms with van der Waals surface area (Å²) in [4.78, 5) is 38.9. The molecule has 1 saturated heterocycles. The molecule has 8 heteroatoms. The van der Waals surface area contributed by atoms with Gasteiger partial charge in [0, 0.05) is 47.4 Å². The highest BCUT2D eigenvalue weighted by molar-refractivity contribution is 6.05. The molecule has 3 heterocycles. The van der Waals surface area contributed by atoms with Crippen molar-refractivity contribution in [3.05, 3.63) is 60.0 Å². The quantitative estimate of drug-likeness (QED) is 0.507. The number of nitrogens with one attached hydrogen (secondary N) is 2. The lowest BCUT2D eigenvalue weighted by Crippen LogP contribution is -2.51. The summed E-state index contributed by atoms with van der Waals surface area (Å²) >= 11 is 0. The van der Waals surface area contributed by atoms with Gasteiger partial charge in [-0.3, -0.25) is 24.4 Å². The Morgan fingerprint density at radius 1 is 1.17 bits per heavy atom. The standard InChI is InChI=1S/C28H32N6O2/c1-19-15-20-11-12-23(16-24(20)31-19)34(28(36)25-10-6-14-33(25)18-29)26(21-7-5-13-30-17-21)27(35)32-22-8-3-2-4-9-22/h5,7,11-13,15-17,22,25-26,31H,2-4,6,8-10,14H2,1H3,(H,32,35)/t25-,26?/m1/s1. The number of anilines is 1. The van der Waals surface area contributed by atoms with Crippen molar-refractivity contribution < 1.29 is 9.59 Å². The molecule has 1 aliphatic heterocycles. The maximum atomic E-state index is 14.2. The van der Waals surface area contributed by atoms with Crippen molar-refractivity contribution >= 4 is 28.4 Å². The van der Waals surface area contributed by atoms with Crippen molar-refractivity contribution in [3.63, 3.8) is 0 Å². The molecule has 1 unspecified atom stereocenters. The molecule has 2 amide bonds. The first-order valence-electron chi connectivity index (χ1n) is 12.8. The molecule has 8 nitrogen and oxygen atoms in total. The third-order valence-electron chi connectivity index (χ3n) is 7.38. The van der Waals surface area contributed by atoms with E-state index in [1.54, 1.807) is 23.4 Å². The summed E-state index contributed by atoms with van der Waals surface area (Å²) in [6, 6.07) is 10.0. The molecule has 2 aliphatic rings. The van der Waals surface area contributed by atoms with Crippen molar-refractivity contribution in [1.82, 2.24) is 20.2 Å². The number of hydrogen-bond donors (Lipinski definition) is 2. The topological polar surface area (TPSA) is 105 Å². The van der Waals surface area contributed by atoms with Crippen LogP contribution < -0.4 is 10.2 Å². The van der Waals surface area contributed by atoms with E-state index >= 15 is 0 Å². The van der Waals surface area contributed by atoms with E-state index in [1.165, 1.54) is 11.3 Å². The lowest BCUT2D eigenvalue weighted by molar-refractivity contribution is -0.128. The summed E-state index contributed by atoms with van der Waals surface area (Å²) in [6.45, 7) is 2.53. The van der Waals surface area contributed by atoms with E-state index in [4.69, 9.17) is 0 Å². The van der Waals surface area contributed by atoms with E-state index in [2.05, 4.69) is 21.5 Å². The number of likely N-dealkylation sites (tertiary alicyclic amines) is 1. The highest BCUT2D eigenvalue weighted by Crippen LogP contribution is 2.33. The van der Waals surface area contributed by atoms with Crippen LogP contribution >= 0.6 is 0 Å². The number of nitriles is 1. The van der Waals surface area contributed by atoms with Crippen LogP contribution in [0.15, 0.2) is 48.8 Å². The largest absolute Gasteiger partial charge is 0.359 e. The fraction of sp³-hybridized carbons (Fsp3) is 0.429. The molecular formula is C28H32N6O2. The van der Waals surface area contributed by atoms with Gasteiger partial charge in [-0.2, -0.15) is 5.26 Å². The number of carbonyl (C=O) groups is 2. The van der Waals surface area contributed by atoms with Crippen LogP contribution in [0, 0.1) is 18.4 Å². The molecule has 2 fully saturated rings. The first-order chi connectivity index (χ1) is 17.5. The molecule has 1 aliphatic carbocycles. The molecule has 36 heavy (non-hydrogen) atoms. The molecule has 2 aromatic heterocycles. The van der Waals surface area contributed by atoms with Crippen molar-refractivity contribution in [3.8, 4) is 6.19 Å². The molecule has 186 valence electrons. The zero-order valence-corrected chi connectivity index (χ0v) is 20.6. The minimum absolute atomic E-state index is 0.0954. The van der Waals surface area contributed by atoms with Gasteiger partial charge in [-0.05, 0) is 62.3 Å². The van der Waals surface area contributed by atoms with E-state index < -0.39 is 12.1 Å². The molecule has 0 spiro atoms. The average molecular weight is 485 g/mol. The number of amides is 2. The van der Waals surface area contributed by atoms with Crippen molar-refractivity contribution in [2.45, 2.75) is 70.0 Å². The number of H-pyrrole nitrogens is 1. The second-order valence-electron chi connectivity index (χ2n) is 9.92. The number of benzene rings is 1. The van der Waals surface area contributed by atoms with Gasteiger partial charge < -0.3 is 10.3 Å². The molecule has 3 aromatic rings. The van der Waals surface area contributed by atoms with Crippen LogP contribution in [0.3, 0.4) is 0 Å². The third kappa shape index (κ3) is 4.78. The lowest BCUT2D eigenvalue weighted by atomic mass is 9.94. The Hall–Kier alpha value is -3.86. The van der Waals surface area contributed by atoms with Gasteiger partial charge in [-0.25, -0.2) is 0 Å². The average Bonchev–Trinajstić information content (AvgIpc) is 3.53. The number of pyridine rings is 1. The minimum atomic E-state index is -0.900. The van der Waals surface area contributed by atoms with E-state index in [0.717, 1.165) is 48.7 Å². The van der Waals surface area contributed by atoms with Gasteiger partial charge >= 0.3 is 0 Å². The number of aromatic nitrogens is 2. The first kappa shape index (κ1) is 23.9. The number of aromatic amines is 1. The normalized spacial score (nSPS) is 19.1. The SMILES string of the molecule is Cc1cc2ccc(N(C(=O)[C@H]3CCCN3C#N)C(C(=O)NC3CCCCC3)c3cccnc3)cc2[nH]1. The highest BCUT2D eigenvalue weighted by atomic mass is 16.2. The van der Waals surface area contributed by atoms with E-state index in [-0.39, 0.29) is 17.9 Å². The number of aryl methyl sites for hydroxylation is 1. The molecule has 1 aromatic carbocycles. The van der Waals surface area contributed by atoms with E-state index in [0.29, 0.717) is 24.2 Å². The number of nitrogens with zero attached hydrogens (tertiary/aromatic N) is 4. The number of hydrogen-bond acceptors (Lipinski definition) is 5. The summed E-state index contributed by atoms with van der Waals surface area (Å²) in [5.74, 6) is -0.461. The molecule has 2 atom stereocenters. The molecule has 2 N–H and O–H groups in total. The molecule has 0 bridgehead atoms. The molecule has 5 rings (SSSR count). The maximum Gasteiger partial charge on any atom is 0.251 e. The maximum absolute atomic E-state index is 14.2. The van der Waals surface area contributed by atoms with Gasteiger partial charge in [0.05, 0.1) is 0 Å². The number of fused-ring (bicyclic) bond motifs is 1. The van der Waals surface area contributed by atoms with Crippen LogP contribution in [0.4, 0.5) is 5.69 Å². The Bertz CT molecular complexity index is 1270. The first-order valence-corrected chi connectivity index (χ1v) is 12.8. The van der Waals surface area contributed by atoms with Crippen molar-refractivity contribution in [2.24, 2.45) is 0 Å². The number of carbonyl (C=O) groups excluding carboxylic acids is 2. The van der Waals surface area contributed by atoms with Gasteiger partial charge in [0.25, 0.3) is 5.91 Å². The van der Waals surface area contributed by atoms with Crippen LogP contribution in [-0.4, -0.2) is 45.3 Å². The van der Waals surface area contributed by atoms with Gasteiger partial charge in [-0.15, -0.1) is 0 Å². The third-order valence-corrected chi connectivity index (χ3v) is 7.38. The van der Waals surface area contributed by atoms with Crippen LogP contribution in [0.2, 0.25) is 0 Å². The van der Waals surface area contributed by atoms with Gasteiger partial charge in [0.1, 0.15) is 12.1 Å². The summed E-state index contributed by atoms with van der Waals surface area (Å²) in [6.07, 6.45) is 12.1. The second-order valence-corrected chi connectivity index (χ2v) is 9.92. The zero-order valence-electron chi connectivity index (χ0n) is 20.6. The fourth-order valence-electron chi connectivity index (χ4n) is 5.60. The van der Waals surface area contributed by atoms with E-state index in [9.17, 15) is 14.9 Å². The smallest absolute Gasteiger partial charge is 0.251 e. The van der Waals surface area contributed by atoms with Crippen molar-refractivity contribution in [1.29, 1.82) is 5.26 Å². The molecular weight excluding hydrogens is 452 g/mol. The Morgan fingerprint density at radius 2 is 2.00 bits per heavy atom. The monoisotopic (exact) mass is 484 g/mol. The highest BCUT2D eigenvalue weighted by Gasteiger charge is 2.40. The number of rotatable bonds is 6. The molecule has 1 saturated carbocycles. The Kier molecular flexibility index (Phi) is 6.90. The van der Waals surface area contributed by atoms with Crippen LogP contribution in [0.25, 0.3) is 10.9 Å². The minimum Gasteiger partial charge on any atom is -0.359 e. The zero-order chi connectivity index (χ0) is 25.1. The van der Waals surface area contributed by atoms with Crippen LogP contribution in [0.1, 0.15) is 62.2 Å². The summed E-state index contributed by atoms with van der Waals surface area (Å²) in [7, 11) is 0. The summed E-state index contributed by atoms with van der Waals surface area (Å²) in [5.41, 5.74) is 3.17. The van der Waals surface area contributed by atoms with Crippen LogP contribution in [-0.2, 0) is 9.59 Å². The predicted molar refractivity (Wildman–Crippen MR) is 138 cm³/mol. The van der Waals surface area contributed by atoms with E-state index in [1.807, 2.05) is 37.3 Å². The Balaban J connectivity index is 1.60. The van der Waals surface area contributed by atoms with Crippen LogP contribution in [0.5, 0.6) is 0 Å².